The van der Waals surface area contributed by atoms with Gasteiger partial charge in [0.25, 0.3) is 0 Å². The Hall–Kier alpha value is -4.01. The molecule has 0 atom stereocenters. The van der Waals surface area contributed by atoms with Crippen molar-refractivity contribution in [1.29, 1.82) is 5.26 Å². The summed E-state index contributed by atoms with van der Waals surface area (Å²) >= 11 is 6.06. The predicted octanol–water partition coefficient (Wildman–Crippen LogP) is 6.60. The Morgan fingerprint density at radius 1 is 1.15 bits per heavy atom. The summed E-state index contributed by atoms with van der Waals surface area (Å²) in [6.45, 7) is 2.80. The number of rotatable bonds is 5. The van der Waals surface area contributed by atoms with E-state index in [0.29, 0.717) is 17.9 Å². The number of halogens is 1. The Kier molecular flexibility index (Phi) is 5.37. The van der Waals surface area contributed by atoms with Crippen molar-refractivity contribution in [3.05, 3.63) is 94.4 Å². The van der Waals surface area contributed by atoms with Gasteiger partial charge >= 0.3 is 0 Å². The summed E-state index contributed by atoms with van der Waals surface area (Å²) in [7, 11) is 1.63. The molecule has 1 N–H and O–H groups in total. The summed E-state index contributed by atoms with van der Waals surface area (Å²) < 4.78 is 7.57. The van der Waals surface area contributed by atoms with Gasteiger partial charge in [-0.15, -0.1) is 0 Å². The maximum absolute atomic E-state index is 9.98. The molecule has 162 valence electrons. The molecule has 0 radical (unpaired) electrons. The predicted molar refractivity (Wildman–Crippen MR) is 133 cm³/mol. The first-order valence-electron chi connectivity index (χ1n) is 10.6. The van der Waals surface area contributed by atoms with Crippen LogP contribution >= 0.6 is 11.6 Å². The number of allylic oxidation sites excluding steroid dienone is 1. The molecule has 5 aromatic rings. The fourth-order valence-corrected chi connectivity index (χ4v) is 4.28. The van der Waals surface area contributed by atoms with Crippen LogP contribution in [0.2, 0.25) is 5.02 Å². The zero-order valence-electron chi connectivity index (χ0n) is 18.3. The van der Waals surface area contributed by atoms with E-state index in [-0.39, 0.29) is 0 Å². The topological polar surface area (TPSA) is 66.6 Å². The van der Waals surface area contributed by atoms with Gasteiger partial charge in [-0.2, -0.15) is 5.26 Å². The lowest BCUT2D eigenvalue weighted by molar-refractivity contribution is 0.415. The lowest BCUT2D eigenvalue weighted by atomic mass is 10.1. The van der Waals surface area contributed by atoms with Crippen molar-refractivity contribution in [2.24, 2.45) is 0 Å². The summed E-state index contributed by atoms with van der Waals surface area (Å²) in [6.07, 6.45) is 1.92. The minimum absolute atomic E-state index is 0.475. The number of nitrogens with one attached hydrogen (secondary N) is 1. The number of aromatic nitrogens is 3. The monoisotopic (exact) mass is 452 g/mol. The molecule has 0 amide bonds. The number of nitrogens with zero attached hydrogens (tertiary/aromatic N) is 3. The molecular weight excluding hydrogens is 432 g/mol. The Morgan fingerprint density at radius 3 is 2.70 bits per heavy atom. The highest BCUT2D eigenvalue weighted by molar-refractivity contribution is 6.30. The molecule has 0 saturated heterocycles. The zero-order valence-corrected chi connectivity index (χ0v) is 19.0. The first kappa shape index (κ1) is 20.9. The fraction of sp³-hybridized carbons (Fsp3) is 0.111. The van der Waals surface area contributed by atoms with Gasteiger partial charge < -0.3 is 14.3 Å². The number of nitriles is 1. The number of benzene rings is 3. The van der Waals surface area contributed by atoms with Crippen LogP contribution < -0.4 is 4.74 Å². The van der Waals surface area contributed by atoms with Gasteiger partial charge in [0.15, 0.2) is 0 Å². The lowest BCUT2D eigenvalue weighted by Gasteiger charge is -2.09. The number of para-hydroxylation sites is 1. The summed E-state index contributed by atoms with van der Waals surface area (Å²) in [6, 6.07) is 24.1. The van der Waals surface area contributed by atoms with Crippen LogP contribution in [0.4, 0.5) is 0 Å². The van der Waals surface area contributed by atoms with Crippen LogP contribution in [0.3, 0.4) is 0 Å². The average Bonchev–Trinajstić information content (AvgIpc) is 3.37. The van der Waals surface area contributed by atoms with Crippen molar-refractivity contribution in [2.45, 2.75) is 13.5 Å². The highest BCUT2D eigenvalue weighted by atomic mass is 35.5. The second kappa shape index (κ2) is 8.50. The van der Waals surface area contributed by atoms with E-state index in [1.807, 2.05) is 60.7 Å². The van der Waals surface area contributed by atoms with E-state index in [0.717, 1.165) is 49.5 Å². The molecule has 6 heteroatoms. The van der Waals surface area contributed by atoms with E-state index < -0.39 is 0 Å². The largest absolute Gasteiger partial charge is 0.497 e. The number of hydrogen-bond donors (Lipinski definition) is 1. The van der Waals surface area contributed by atoms with Crippen LogP contribution in [0.15, 0.2) is 66.7 Å². The summed E-state index contributed by atoms with van der Waals surface area (Å²) in [5, 5.41) is 11.8. The van der Waals surface area contributed by atoms with Crippen molar-refractivity contribution in [3.63, 3.8) is 0 Å². The molecule has 0 aliphatic carbocycles. The molecule has 33 heavy (non-hydrogen) atoms. The Morgan fingerprint density at radius 2 is 1.94 bits per heavy atom. The molecule has 5 nitrogen and oxygen atoms in total. The molecule has 2 aromatic heterocycles. The van der Waals surface area contributed by atoms with E-state index in [1.165, 1.54) is 0 Å². The molecule has 0 saturated carbocycles. The van der Waals surface area contributed by atoms with E-state index >= 15 is 0 Å². The van der Waals surface area contributed by atoms with E-state index in [9.17, 15) is 5.26 Å². The quantitative estimate of drug-likeness (QED) is 0.305. The third-order valence-corrected chi connectivity index (χ3v) is 6.14. The highest BCUT2D eigenvalue weighted by Crippen LogP contribution is 2.31. The van der Waals surface area contributed by atoms with Crippen LogP contribution in [0, 0.1) is 18.3 Å². The van der Waals surface area contributed by atoms with Gasteiger partial charge in [-0.1, -0.05) is 41.9 Å². The van der Waals surface area contributed by atoms with E-state index in [4.69, 9.17) is 16.3 Å². The van der Waals surface area contributed by atoms with Crippen molar-refractivity contribution in [1.82, 2.24) is 14.5 Å². The second-order valence-electron chi connectivity index (χ2n) is 7.87. The number of methoxy groups -OCH3 is 1. The van der Waals surface area contributed by atoms with Crippen LogP contribution in [0.25, 0.3) is 33.6 Å². The summed E-state index contributed by atoms with van der Waals surface area (Å²) in [5.74, 6) is 1.27. The number of hydrogen-bond acceptors (Lipinski definition) is 3. The highest BCUT2D eigenvalue weighted by Gasteiger charge is 2.15. The molecule has 5 rings (SSSR count). The Balaban J connectivity index is 1.62. The Bertz CT molecular complexity index is 1550. The van der Waals surface area contributed by atoms with Crippen molar-refractivity contribution < 1.29 is 4.74 Å². The number of imidazole rings is 1. The van der Waals surface area contributed by atoms with Crippen LogP contribution in [-0.2, 0) is 6.54 Å². The molecule has 3 aromatic carbocycles. The summed E-state index contributed by atoms with van der Waals surface area (Å²) in [5.41, 5.74) is 6.45. The van der Waals surface area contributed by atoms with Crippen molar-refractivity contribution in [2.75, 3.05) is 7.11 Å². The molecule has 0 fully saturated rings. The third-order valence-electron chi connectivity index (χ3n) is 5.89. The maximum Gasteiger partial charge on any atom is 0.149 e. The van der Waals surface area contributed by atoms with E-state index in [1.54, 1.807) is 7.11 Å². The minimum atomic E-state index is 0.475. The van der Waals surface area contributed by atoms with Gasteiger partial charge in [0.05, 0.1) is 23.7 Å². The molecular formula is C27H21ClN4O. The van der Waals surface area contributed by atoms with Crippen LogP contribution in [0.1, 0.15) is 22.6 Å². The van der Waals surface area contributed by atoms with Gasteiger partial charge in [0, 0.05) is 39.8 Å². The molecule has 0 aliphatic rings. The van der Waals surface area contributed by atoms with Crippen LogP contribution in [-0.4, -0.2) is 21.6 Å². The third kappa shape index (κ3) is 3.86. The second-order valence-corrected chi connectivity index (χ2v) is 8.30. The van der Waals surface area contributed by atoms with Gasteiger partial charge in [-0.25, -0.2) is 4.98 Å². The zero-order chi connectivity index (χ0) is 22.9. The number of ether oxygens (including phenoxy) is 1. The smallest absolute Gasteiger partial charge is 0.149 e. The molecule has 0 unspecified atom stereocenters. The summed E-state index contributed by atoms with van der Waals surface area (Å²) in [4.78, 5) is 7.89. The normalized spacial score (nSPS) is 11.8. The number of aromatic amines is 1. The fourth-order valence-electron chi connectivity index (χ4n) is 4.16. The first-order valence-corrected chi connectivity index (χ1v) is 10.9. The molecule has 0 aliphatic heterocycles. The van der Waals surface area contributed by atoms with Gasteiger partial charge in [-0.05, 0) is 48.9 Å². The maximum atomic E-state index is 9.98. The van der Waals surface area contributed by atoms with Gasteiger partial charge in [0.2, 0.25) is 0 Å². The molecule has 2 heterocycles. The van der Waals surface area contributed by atoms with Crippen LogP contribution in [0.5, 0.6) is 5.75 Å². The van der Waals surface area contributed by atoms with Gasteiger partial charge in [-0.3, -0.25) is 0 Å². The van der Waals surface area contributed by atoms with E-state index in [2.05, 4.69) is 39.7 Å². The van der Waals surface area contributed by atoms with Crippen molar-refractivity contribution in [3.8, 4) is 11.8 Å². The van der Waals surface area contributed by atoms with Crippen molar-refractivity contribution >= 4 is 45.2 Å². The Labute approximate surface area is 196 Å². The first-order chi connectivity index (χ1) is 16.1. The molecule has 0 spiro atoms. The SMILES string of the molecule is COc1ccc2nc(/C(C#N)=C\c3c(C)n(Cc4ccc(Cl)cc4)c4ccccc34)[nH]c2c1. The minimum Gasteiger partial charge on any atom is -0.497 e. The lowest BCUT2D eigenvalue weighted by Crippen LogP contribution is -2.01. The number of fused-ring (bicyclic) bond motifs is 2. The average molecular weight is 453 g/mol. The van der Waals surface area contributed by atoms with Gasteiger partial charge in [0.1, 0.15) is 17.6 Å². The number of H-pyrrole nitrogens is 1. The standard InChI is InChI=1S/C27H21ClN4O/c1-17-23(13-19(15-29)27-30-24-12-11-21(33-2)14-25(24)31-27)22-5-3-4-6-26(22)32(17)16-18-7-9-20(28)10-8-18/h3-14H,16H2,1-2H3,(H,30,31)/b19-13-. The molecule has 0 bridgehead atoms.